The van der Waals surface area contributed by atoms with E-state index in [9.17, 15) is 9.59 Å². The third kappa shape index (κ3) is 3.16. The first kappa shape index (κ1) is 16.9. The van der Waals surface area contributed by atoms with Gasteiger partial charge in [-0.3, -0.25) is 14.5 Å². The number of nitrogens with two attached hydrogens (primary N) is 1. The molecule has 2 amide bonds. The summed E-state index contributed by atoms with van der Waals surface area (Å²) in [7, 11) is 0. The van der Waals surface area contributed by atoms with Gasteiger partial charge in [0, 0.05) is 39.0 Å². The average Bonchev–Trinajstić information content (AvgIpc) is 3.00. The third-order valence-electron chi connectivity index (χ3n) is 5.35. The molecule has 1 saturated heterocycles. The maximum atomic E-state index is 13.0. The van der Waals surface area contributed by atoms with E-state index in [4.69, 9.17) is 5.73 Å². The zero-order chi connectivity index (χ0) is 17.2. The number of benzene rings is 1. The Labute approximate surface area is 143 Å². The Kier molecular flexibility index (Phi) is 4.87. The predicted octanol–water partition coefficient (Wildman–Crippen LogP) is -0.237. The van der Waals surface area contributed by atoms with Gasteiger partial charge in [0.25, 0.3) is 0 Å². The van der Waals surface area contributed by atoms with Crippen LogP contribution in [0.5, 0.6) is 0 Å². The molecule has 0 radical (unpaired) electrons. The number of nitrogens with zero attached hydrogens (tertiary/aromatic N) is 2. The van der Waals surface area contributed by atoms with E-state index in [-0.39, 0.29) is 12.5 Å². The fourth-order valence-corrected chi connectivity index (χ4v) is 3.95. The second-order valence-corrected chi connectivity index (χ2v) is 6.72. The van der Waals surface area contributed by atoms with E-state index in [1.807, 2.05) is 12.1 Å². The van der Waals surface area contributed by atoms with Crippen LogP contribution in [0.1, 0.15) is 18.1 Å². The van der Waals surface area contributed by atoms with E-state index in [0.717, 1.165) is 32.7 Å². The van der Waals surface area contributed by atoms with Gasteiger partial charge in [0.2, 0.25) is 11.8 Å². The van der Waals surface area contributed by atoms with Crippen molar-refractivity contribution in [2.24, 2.45) is 5.73 Å². The average molecular weight is 330 g/mol. The van der Waals surface area contributed by atoms with E-state index in [1.165, 1.54) is 11.1 Å². The van der Waals surface area contributed by atoms with Crippen molar-refractivity contribution in [2.45, 2.75) is 25.3 Å². The molecule has 1 aliphatic heterocycles. The van der Waals surface area contributed by atoms with Gasteiger partial charge < -0.3 is 16.0 Å². The highest BCUT2D eigenvalue weighted by Crippen LogP contribution is 2.35. The quantitative estimate of drug-likeness (QED) is 0.781. The minimum Gasteiger partial charge on any atom is -0.368 e. The number of carbonyl (C=O) groups excluding carboxylic acids is 2. The number of nitrogens with one attached hydrogen (secondary N) is 1. The molecule has 0 bridgehead atoms. The summed E-state index contributed by atoms with van der Waals surface area (Å²) in [5.74, 6) is -0.590. The molecule has 130 valence electrons. The fraction of sp³-hybridized carbons (Fsp3) is 0.556. The first-order valence-corrected chi connectivity index (χ1v) is 8.66. The lowest BCUT2D eigenvalue weighted by atomic mass is 9.91. The second kappa shape index (κ2) is 6.91. The van der Waals surface area contributed by atoms with Crippen molar-refractivity contribution in [2.75, 3.05) is 39.3 Å². The Morgan fingerprint density at radius 2 is 1.71 bits per heavy atom. The van der Waals surface area contributed by atoms with Gasteiger partial charge in [0.15, 0.2) is 0 Å². The van der Waals surface area contributed by atoms with Crippen LogP contribution in [-0.4, -0.2) is 66.4 Å². The molecule has 1 heterocycles. The van der Waals surface area contributed by atoms with Crippen LogP contribution in [0.3, 0.4) is 0 Å². The smallest absolute Gasteiger partial charge is 0.241 e. The second-order valence-electron chi connectivity index (χ2n) is 6.72. The summed E-state index contributed by atoms with van der Waals surface area (Å²) >= 11 is 0. The Morgan fingerprint density at radius 3 is 2.21 bits per heavy atom. The largest absolute Gasteiger partial charge is 0.368 e. The van der Waals surface area contributed by atoms with Crippen molar-refractivity contribution in [3.63, 3.8) is 0 Å². The maximum Gasteiger partial charge on any atom is 0.241 e. The molecule has 2 aliphatic rings. The molecule has 6 nitrogen and oxygen atoms in total. The van der Waals surface area contributed by atoms with Gasteiger partial charge in [-0.2, -0.15) is 0 Å². The van der Waals surface area contributed by atoms with Gasteiger partial charge >= 0.3 is 0 Å². The maximum absolute atomic E-state index is 13.0. The van der Waals surface area contributed by atoms with Crippen LogP contribution >= 0.6 is 0 Å². The number of hydrogen-bond acceptors (Lipinski definition) is 4. The first-order valence-electron chi connectivity index (χ1n) is 8.66. The molecule has 0 saturated carbocycles. The Bertz CT molecular complexity index is 598. The highest BCUT2D eigenvalue weighted by atomic mass is 16.2. The lowest BCUT2D eigenvalue weighted by Crippen LogP contribution is -2.64. The lowest BCUT2D eigenvalue weighted by Gasteiger charge is -2.44. The molecule has 24 heavy (non-hydrogen) atoms. The summed E-state index contributed by atoms with van der Waals surface area (Å²) in [6.45, 7) is 6.77. The number of amides is 2. The van der Waals surface area contributed by atoms with Gasteiger partial charge in [-0.25, -0.2) is 0 Å². The fourth-order valence-electron chi connectivity index (χ4n) is 3.95. The molecule has 0 unspecified atom stereocenters. The number of hydrogen-bond donors (Lipinski definition) is 2. The molecule has 1 aliphatic carbocycles. The highest BCUT2D eigenvalue weighted by molar-refractivity contribution is 5.91. The first-order chi connectivity index (χ1) is 11.5. The number of carbonyl (C=O) groups is 2. The van der Waals surface area contributed by atoms with Crippen molar-refractivity contribution < 1.29 is 9.59 Å². The number of fused-ring (bicyclic) bond motifs is 1. The summed E-state index contributed by atoms with van der Waals surface area (Å²) in [4.78, 5) is 28.8. The third-order valence-corrected chi connectivity index (χ3v) is 5.35. The molecule has 1 aromatic rings. The molecule has 0 spiro atoms. The lowest BCUT2D eigenvalue weighted by molar-refractivity contribution is -0.136. The molecular formula is C18H26N4O2. The van der Waals surface area contributed by atoms with Crippen LogP contribution in [0.2, 0.25) is 0 Å². The molecular weight excluding hydrogens is 304 g/mol. The number of rotatable bonds is 5. The minimum atomic E-state index is -0.598. The van der Waals surface area contributed by atoms with Crippen LogP contribution in [0.25, 0.3) is 0 Å². The summed E-state index contributed by atoms with van der Waals surface area (Å²) in [5.41, 5.74) is 7.06. The van der Waals surface area contributed by atoms with Crippen LogP contribution in [0, 0.1) is 0 Å². The van der Waals surface area contributed by atoms with Gasteiger partial charge in [-0.05, 0) is 17.7 Å². The van der Waals surface area contributed by atoms with Crippen LogP contribution in [0.15, 0.2) is 24.3 Å². The van der Waals surface area contributed by atoms with Crippen molar-refractivity contribution >= 4 is 11.8 Å². The SMILES string of the molecule is CCN1CCN(C2(C(=O)NCC(N)=O)Cc3ccccc3C2)CC1. The Hall–Kier alpha value is -1.92. The normalized spacial score (nSPS) is 20.5. The zero-order valence-corrected chi connectivity index (χ0v) is 14.3. The van der Waals surface area contributed by atoms with E-state index >= 15 is 0 Å². The molecule has 6 heteroatoms. The molecule has 0 aromatic heterocycles. The number of primary amides is 1. The Balaban J connectivity index is 1.83. The van der Waals surface area contributed by atoms with Crippen molar-refractivity contribution in [3.8, 4) is 0 Å². The van der Waals surface area contributed by atoms with E-state index in [2.05, 4.69) is 34.2 Å². The van der Waals surface area contributed by atoms with E-state index < -0.39 is 11.4 Å². The summed E-state index contributed by atoms with van der Waals surface area (Å²) in [5, 5.41) is 2.75. The summed E-state index contributed by atoms with van der Waals surface area (Å²) in [6, 6.07) is 8.23. The van der Waals surface area contributed by atoms with Gasteiger partial charge in [0.05, 0.1) is 6.54 Å². The van der Waals surface area contributed by atoms with Gasteiger partial charge in [-0.15, -0.1) is 0 Å². The van der Waals surface area contributed by atoms with Crippen LogP contribution in [0.4, 0.5) is 0 Å². The topological polar surface area (TPSA) is 78.7 Å². The van der Waals surface area contributed by atoms with Crippen molar-refractivity contribution in [1.82, 2.24) is 15.1 Å². The number of piperazine rings is 1. The van der Waals surface area contributed by atoms with Crippen LogP contribution < -0.4 is 11.1 Å². The minimum absolute atomic E-state index is 0.0811. The van der Waals surface area contributed by atoms with E-state index in [1.54, 1.807) is 0 Å². The van der Waals surface area contributed by atoms with Crippen molar-refractivity contribution in [3.05, 3.63) is 35.4 Å². The summed E-state index contributed by atoms with van der Waals surface area (Å²) in [6.07, 6.45) is 1.39. The molecule has 3 rings (SSSR count). The molecule has 1 fully saturated rings. The number of likely N-dealkylation sites (N-methyl/N-ethyl adjacent to an activating group) is 1. The van der Waals surface area contributed by atoms with Gasteiger partial charge in [0.1, 0.15) is 5.54 Å². The van der Waals surface area contributed by atoms with Crippen molar-refractivity contribution in [1.29, 1.82) is 0 Å². The Morgan fingerprint density at radius 1 is 1.12 bits per heavy atom. The summed E-state index contributed by atoms with van der Waals surface area (Å²) < 4.78 is 0. The molecule has 3 N–H and O–H groups in total. The predicted molar refractivity (Wildman–Crippen MR) is 92.5 cm³/mol. The monoisotopic (exact) mass is 330 g/mol. The highest BCUT2D eigenvalue weighted by Gasteiger charge is 2.48. The van der Waals surface area contributed by atoms with E-state index in [0.29, 0.717) is 12.8 Å². The van der Waals surface area contributed by atoms with Crippen LogP contribution in [-0.2, 0) is 22.4 Å². The zero-order valence-electron chi connectivity index (χ0n) is 14.3. The molecule has 1 aromatic carbocycles. The molecule has 0 atom stereocenters. The van der Waals surface area contributed by atoms with Gasteiger partial charge in [-0.1, -0.05) is 31.2 Å². The standard InChI is InChI=1S/C18H26N4O2/c1-2-21-7-9-22(10-8-21)18(17(24)20-13-16(19)23)11-14-5-3-4-6-15(14)12-18/h3-6H,2,7-13H2,1H3,(H2,19,23)(H,20,24).